The lowest BCUT2D eigenvalue weighted by atomic mass is 10.0. The van der Waals surface area contributed by atoms with E-state index in [9.17, 15) is 14.4 Å². The van der Waals surface area contributed by atoms with Gasteiger partial charge in [-0.2, -0.15) is 16.9 Å². The zero-order chi connectivity index (χ0) is 31.6. The molecule has 0 radical (unpaired) electrons. The van der Waals surface area contributed by atoms with Crippen LogP contribution in [0, 0.1) is 12.8 Å². The summed E-state index contributed by atoms with van der Waals surface area (Å²) >= 11 is 7.69. The van der Waals surface area contributed by atoms with Crippen molar-refractivity contribution < 1.29 is 19.1 Å². The number of nitrogens with one attached hydrogen (secondary N) is 2. The molecule has 2 heterocycles. The van der Waals surface area contributed by atoms with Crippen LogP contribution in [0.3, 0.4) is 0 Å². The van der Waals surface area contributed by atoms with Crippen LogP contribution in [-0.4, -0.2) is 75.1 Å². The van der Waals surface area contributed by atoms with Gasteiger partial charge in [0.05, 0.1) is 12.6 Å². The van der Waals surface area contributed by atoms with Gasteiger partial charge in [-0.05, 0) is 61.5 Å². The first-order valence-electron chi connectivity index (χ1n) is 14.9. The Bertz CT molecular complexity index is 1430. The Morgan fingerprint density at radius 1 is 1.11 bits per heavy atom. The standard InChI is InChI=1S/C32H41ClN6O4S/c1-21(2)29-31-36-30(23-9-6-5-7-10-23)37-39(31)17-16-38(28(41)20-43-26-13-12-24(33)19-22(26)3)15-8-11-27(40)34-25(14-18-44-4)32(42)35-29/h5-7,9-10,12-13,19,21,25,29H,8,11,14-18,20H2,1-4H3,(H,34,40)(H,35,42)/t25-,29+/m0/s1. The summed E-state index contributed by atoms with van der Waals surface area (Å²) in [7, 11) is 0. The van der Waals surface area contributed by atoms with Crippen molar-refractivity contribution in [2.45, 2.75) is 58.7 Å². The number of thioether (sulfide) groups is 1. The number of ether oxygens (including phenoxy) is 1. The van der Waals surface area contributed by atoms with Crippen molar-refractivity contribution in [2.24, 2.45) is 5.92 Å². The third-order valence-corrected chi connectivity index (χ3v) is 8.37. The molecular formula is C32H41ClN6O4S. The highest BCUT2D eigenvalue weighted by atomic mass is 35.5. The predicted octanol–water partition coefficient (Wildman–Crippen LogP) is 4.66. The summed E-state index contributed by atoms with van der Waals surface area (Å²) in [4.78, 5) is 46.5. The fourth-order valence-corrected chi connectivity index (χ4v) is 5.72. The Hall–Kier alpha value is -3.57. The highest BCUT2D eigenvalue weighted by Crippen LogP contribution is 2.25. The van der Waals surface area contributed by atoms with E-state index in [2.05, 4.69) is 10.6 Å². The molecule has 0 bridgehead atoms. The van der Waals surface area contributed by atoms with E-state index in [0.717, 1.165) is 11.1 Å². The summed E-state index contributed by atoms with van der Waals surface area (Å²) in [5.41, 5.74) is 1.69. The number of benzene rings is 2. The predicted molar refractivity (Wildman–Crippen MR) is 174 cm³/mol. The second-order valence-corrected chi connectivity index (χ2v) is 12.6. The number of rotatable bonds is 8. The molecule has 1 aliphatic rings. The Morgan fingerprint density at radius 2 is 1.89 bits per heavy atom. The second kappa shape index (κ2) is 15.9. The first-order valence-corrected chi connectivity index (χ1v) is 16.7. The van der Waals surface area contributed by atoms with Crippen LogP contribution in [0.15, 0.2) is 48.5 Å². The fourth-order valence-electron chi connectivity index (χ4n) is 5.03. The molecule has 2 N–H and O–H groups in total. The normalized spacial score (nSPS) is 18.3. The first-order chi connectivity index (χ1) is 21.2. The number of aromatic nitrogens is 3. The van der Waals surface area contributed by atoms with E-state index in [4.69, 9.17) is 26.4 Å². The minimum absolute atomic E-state index is 0.0240. The lowest BCUT2D eigenvalue weighted by molar-refractivity contribution is -0.134. The number of aryl methyl sites for hydroxylation is 1. The van der Waals surface area contributed by atoms with Crippen molar-refractivity contribution in [3.05, 3.63) is 64.9 Å². The molecule has 1 aromatic heterocycles. The van der Waals surface area contributed by atoms with Crippen molar-refractivity contribution in [3.8, 4) is 17.1 Å². The molecule has 4 rings (SSSR count). The summed E-state index contributed by atoms with van der Waals surface area (Å²) < 4.78 is 7.66. The summed E-state index contributed by atoms with van der Waals surface area (Å²) in [6, 6.07) is 13.8. The Kier molecular flexibility index (Phi) is 12.1. The third kappa shape index (κ3) is 8.98. The van der Waals surface area contributed by atoms with Crippen LogP contribution < -0.4 is 15.4 Å². The monoisotopic (exact) mass is 640 g/mol. The topological polar surface area (TPSA) is 118 Å². The van der Waals surface area contributed by atoms with Gasteiger partial charge in [0.1, 0.15) is 11.8 Å². The van der Waals surface area contributed by atoms with Crippen molar-refractivity contribution in [2.75, 3.05) is 31.7 Å². The third-order valence-electron chi connectivity index (χ3n) is 7.49. The zero-order valence-corrected chi connectivity index (χ0v) is 27.3. The van der Waals surface area contributed by atoms with Gasteiger partial charge in [-0.1, -0.05) is 55.8 Å². The van der Waals surface area contributed by atoms with Gasteiger partial charge in [-0.15, -0.1) is 0 Å². The quantitative estimate of drug-likeness (QED) is 0.368. The minimum atomic E-state index is -0.683. The van der Waals surface area contributed by atoms with Crippen LogP contribution in [0.25, 0.3) is 11.4 Å². The van der Waals surface area contributed by atoms with Gasteiger partial charge in [-0.25, -0.2) is 9.67 Å². The summed E-state index contributed by atoms with van der Waals surface area (Å²) in [5.74, 6) is 1.74. The van der Waals surface area contributed by atoms with Crippen molar-refractivity contribution in [3.63, 3.8) is 0 Å². The van der Waals surface area contributed by atoms with Crippen LogP contribution in [0.5, 0.6) is 5.75 Å². The van der Waals surface area contributed by atoms with Gasteiger partial charge < -0.3 is 20.3 Å². The van der Waals surface area contributed by atoms with E-state index in [1.807, 2.05) is 57.4 Å². The average Bonchev–Trinajstić information content (AvgIpc) is 3.42. The zero-order valence-electron chi connectivity index (χ0n) is 25.7. The Labute approximate surface area is 268 Å². The van der Waals surface area contributed by atoms with Gasteiger partial charge >= 0.3 is 0 Å². The molecule has 0 aliphatic carbocycles. The minimum Gasteiger partial charge on any atom is -0.483 e. The molecule has 0 saturated heterocycles. The molecule has 3 aromatic rings. The highest BCUT2D eigenvalue weighted by Gasteiger charge is 2.30. The van der Waals surface area contributed by atoms with Crippen LogP contribution in [0.4, 0.5) is 0 Å². The maximum absolute atomic E-state index is 13.5. The maximum Gasteiger partial charge on any atom is 0.260 e. The Balaban J connectivity index is 1.65. The molecule has 0 unspecified atom stereocenters. The summed E-state index contributed by atoms with van der Waals surface area (Å²) in [5, 5.41) is 11.5. The van der Waals surface area contributed by atoms with E-state index in [-0.39, 0.29) is 36.7 Å². The number of fused-ring (bicyclic) bond motifs is 1. The van der Waals surface area contributed by atoms with Gasteiger partial charge in [0, 0.05) is 30.1 Å². The van der Waals surface area contributed by atoms with E-state index < -0.39 is 12.1 Å². The summed E-state index contributed by atoms with van der Waals surface area (Å²) in [6.45, 7) is 6.76. The second-order valence-electron chi connectivity index (χ2n) is 11.2. The lowest BCUT2D eigenvalue weighted by Crippen LogP contribution is -2.49. The molecule has 0 fully saturated rings. The molecule has 3 amide bonds. The Morgan fingerprint density at radius 3 is 2.59 bits per heavy atom. The molecule has 0 spiro atoms. The van der Waals surface area contributed by atoms with Crippen LogP contribution in [-0.2, 0) is 20.9 Å². The number of hydrogen-bond acceptors (Lipinski definition) is 7. The number of nitrogens with zero attached hydrogens (tertiary/aromatic N) is 4. The molecule has 2 aromatic carbocycles. The summed E-state index contributed by atoms with van der Waals surface area (Å²) in [6.07, 6.45) is 3.08. The van der Waals surface area contributed by atoms with Crippen molar-refractivity contribution in [1.82, 2.24) is 30.3 Å². The van der Waals surface area contributed by atoms with Crippen LogP contribution in [0.2, 0.25) is 5.02 Å². The molecule has 1 aliphatic heterocycles. The van der Waals surface area contributed by atoms with Crippen molar-refractivity contribution in [1.29, 1.82) is 0 Å². The molecule has 10 nitrogen and oxygen atoms in total. The van der Waals surface area contributed by atoms with Gasteiger partial charge in [0.25, 0.3) is 5.91 Å². The van der Waals surface area contributed by atoms with E-state index >= 15 is 0 Å². The first kappa shape index (κ1) is 33.3. The van der Waals surface area contributed by atoms with Gasteiger partial charge in [-0.3, -0.25) is 14.4 Å². The number of hydrogen-bond donors (Lipinski definition) is 2. The molecule has 0 saturated carbocycles. The average molecular weight is 641 g/mol. The molecular weight excluding hydrogens is 600 g/mol. The van der Waals surface area contributed by atoms with Gasteiger partial charge in [0.15, 0.2) is 18.3 Å². The molecule has 2 atom stereocenters. The highest BCUT2D eigenvalue weighted by molar-refractivity contribution is 7.98. The number of halogens is 1. The lowest BCUT2D eigenvalue weighted by Gasteiger charge is -2.28. The molecule has 12 heteroatoms. The van der Waals surface area contributed by atoms with Crippen molar-refractivity contribution >= 4 is 41.1 Å². The fraction of sp³-hybridized carbons (Fsp3) is 0.469. The SMILES string of the molecule is CSCC[C@@H]1NC(=O)CCCN(C(=O)COc2ccc(Cl)cc2C)CCn2nc(-c3ccccc3)nc2[C@@H](C(C)C)NC1=O. The van der Waals surface area contributed by atoms with Gasteiger partial charge in [0.2, 0.25) is 11.8 Å². The maximum atomic E-state index is 13.5. The van der Waals surface area contributed by atoms with E-state index in [1.54, 1.807) is 39.5 Å². The van der Waals surface area contributed by atoms with E-state index in [0.29, 0.717) is 60.6 Å². The largest absolute Gasteiger partial charge is 0.483 e. The van der Waals surface area contributed by atoms with Crippen LogP contribution >= 0.6 is 23.4 Å². The molecule has 44 heavy (non-hydrogen) atoms. The smallest absolute Gasteiger partial charge is 0.260 e. The van der Waals surface area contributed by atoms with Crippen LogP contribution in [0.1, 0.15) is 50.5 Å². The van der Waals surface area contributed by atoms with E-state index in [1.165, 1.54) is 0 Å². The molecule has 236 valence electrons. The number of amides is 3. The number of carbonyl (C=O) groups is 3. The number of carbonyl (C=O) groups excluding carboxylic acids is 3.